The molecule has 0 spiro atoms. The van der Waals surface area contributed by atoms with E-state index in [1.165, 1.54) is 11.0 Å². The average Bonchev–Trinajstić information content (AvgIpc) is 3.32. The second-order valence-electron chi connectivity index (χ2n) is 16.8. The zero-order chi connectivity index (χ0) is 41.2. The minimum Gasteiger partial charge on any atom is -0.374 e. The highest BCUT2D eigenvalue weighted by atomic mass is 32.1. The van der Waals surface area contributed by atoms with E-state index in [1.54, 1.807) is 26.0 Å². The van der Waals surface area contributed by atoms with E-state index in [0.29, 0.717) is 29.6 Å². The summed E-state index contributed by atoms with van der Waals surface area (Å²) >= 11 is 5.77. The third-order valence-corrected chi connectivity index (χ3v) is 12.7. The number of nitrogens with one attached hydrogen (secondary N) is 3. The third-order valence-electron chi connectivity index (χ3n) is 12.4. The number of amides is 4. The van der Waals surface area contributed by atoms with Gasteiger partial charge in [-0.25, -0.2) is 0 Å². The zero-order valence-electron chi connectivity index (χ0n) is 33.0. The largest absolute Gasteiger partial charge is 0.417 e. The van der Waals surface area contributed by atoms with Crippen LogP contribution >= 0.6 is 12.2 Å². The number of carbonyl (C=O) groups excluding carboxylic acids is 4. The summed E-state index contributed by atoms with van der Waals surface area (Å²) in [6.07, 6.45) is 4.98. The van der Waals surface area contributed by atoms with E-state index in [9.17, 15) is 37.6 Å². The molecule has 57 heavy (non-hydrogen) atoms. The number of benzene rings is 2. The lowest BCUT2D eigenvalue weighted by molar-refractivity contribution is -0.138. The van der Waals surface area contributed by atoms with Crippen LogP contribution in [0.3, 0.4) is 0 Å². The van der Waals surface area contributed by atoms with Crippen molar-refractivity contribution < 1.29 is 32.3 Å². The van der Waals surface area contributed by atoms with Gasteiger partial charge in [0.1, 0.15) is 11.6 Å². The first-order chi connectivity index (χ1) is 27.0. The summed E-state index contributed by atoms with van der Waals surface area (Å²) in [5.41, 5.74) is -1.27. The van der Waals surface area contributed by atoms with Crippen molar-refractivity contribution in [3.63, 3.8) is 0 Å². The lowest BCUT2D eigenvalue weighted by Crippen LogP contribution is -2.51. The maximum Gasteiger partial charge on any atom is 0.417 e. The SMILES string of the molecule is C[C@@H]1CC(CCCC2CCC(N3C(=S)N(c4ccc(C#N)c(C(F)(F)F)c4)C(=O)C3(C)C)CC2)C[C@H](C)N1CC(=O)Nc1cccc(N[C@H]2CCC(=O)NC2=O)c1. The quantitative estimate of drug-likeness (QED) is 0.157. The molecule has 11 nitrogen and oxygen atoms in total. The van der Waals surface area contributed by atoms with Gasteiger partial charge >= 0.3 is 6.18 Å². The fourth-order valence-corrected chi connectivity index (χ4v) is 10.0. The Morgan fingerprint density at radius 3 is 2.28 bits per heavy atom. The topological polar surface area (TPSA) is 138 Å². The molecule has 3 heterocycles. The highest BCUT2D eigenvalue weighted by Gasteiger charge is 2.52. The fraction of sp³-hybridized carbons (Fsp3) is 0.571. The minimum absolute atomic E-state index is 0.000151. The van der Waals surface area contributed by atoms with Gasteiger partial charge in [0.05, 0.1) is 29.4 Å². The van der Waals surface area contributed by atoms with Crippen molar-refractivity contribution in [1.82, 2.24) is 15.1 Å². The molecular formula is C42H52F3N7O4S. The van der Waals surface area contributed by atoms with E-state index in [1.807, 2.05) is 23.1 Å². The number of thiocarbonyl (C=S) groups is 1. The smallest absolute Gasteiger partial charge is 0.374 e. The first-order valence-corrected chi connectivity index (χ1v) is 20.4. The van der Waals surface area contributed by atoms with Crippen LogP contribution in [0.2, 0.25) is 0 Å². The number of nitrogens with zero attached hydrogens (tertiary/aromatic N) is 4. The van der Waals surface area contributed by atoms with Crippen LogP contribution in [0.1, 0.15) is 109 Å². The molecule has 3 N–H and O–H groups in total. The molecule has 1 unspecified atom stereocenters. The van der Waals surface area contributed by atoms with Crippen LogP contribution in [0.4, 0.5) is 30.2 Å². The number of nitriles is 1. The Morgan fingerprint density at radius 2 is 1.63 bits per heavy atom. The number of carbonyl (C=O) groups is 4. The van der Waals surface area contributed by atoms with Gasteiger partial charge in [-0.15, -0.1) is 0 Å². The van der Waals surface area contributed by atoms with E-state index < -0.39 is 28.9 Å². The molecule has 0 radical (unpaired) electrons. The molecule has 0 aromatic heterocycles. The fourth-order valence-electron chi connectivity index (χ4n) is 9.44. The van der Waals surface area contributed by atoms with Crippen LogP contribution in [0, 0.1) is 23.2 Å². The predicted molar refractivity (Wildman–Crippen MR) is 215 cm³/mol. The van der Waals surface area contributed by atoms with Gasteiger partial charge in [0.2, 0.25) is 17.7 Å². The van der Waals surface area contributed by atoms with Crippen LogP contribution < -0.4 is 20.9 Å². The maximum atomic E-state index is 13.7. The van der Waals surface area contributed by atoms with E-state index in [-0.39, 0.29) is 65.5 Å². The van der Waals surface area contributed by atoms with Crippen LogP contribution in [0.5, 0.6) is 0 Å². The van der Waals surface area contributed by atoms with Crippen molar-refractivity contribution in [1.29, 1.82) is 5.26 Å². The molecule has 4 aliphatic rings. The van der Waals surface area contributed by atoms with Crippen molar-refractivity contribution in [2.24, 2.45) is 11.8 Å². The van der Waals surface area contributed by atoms with Crippen molar-refractivity contribution >= 4 is 58.0 Å². The van der Waals surface area contributed by atoms with Gasteiger partial charge in [0.15, 0.2) is 5.11 Å². The van der Waals surface area contributed by atoms with Crippen LogP contribution in [-0.4, -0.2) is 74.8 Å². The van der Waals surface area contributed by atoms with Crippen LogP contribution in [0.25, 0.3) is 0 Å². The molecule has 4 amide bonds. The molecular weight excluding hydrogens is 756 g/mol. The van der Waals surface area contributed by atoms with Gasteiger partial charge in [-0.3, -0.25) is 34.3 Å². The third kappa shape index (κ3) is 9.44. The minimum atomic E-state index is -4.75. The molecule has 4 atom stereocenters. The Balaban J connectivity index is 0.943. The molecule has 3 aliphatic heterocycles. The lowest BCUT2D eigenvalue weighted by Gasteiger charge is -2.42. The number of hydrogen-bond donors (Lipinski definition) is 3. The highest BCUT2D eigenvalue weighted by Crippen LogP contribution is 2.42. The summed E-state index contributed by atoms with van der Waals surface area (Å²) in [6.45, 7) is 8.20. The van der Waals surface area contributed by atoms with E-state index in [2.05, 4.69) is 34.7 Å². The van der Waals surface area contributed by atoms with Gasteiger partial charge in [-0.05, 0) is 133 Å². The molecule has 2 aromatic carbocycles. The molecule has 1 saturated carbocycles. The number of piperidine rings is 2. The van der Waals surface area contributed by atoms with Gasteiger partial charge in [0, 0.05) is 35.9 Å². The Kier molecular flexibility index (Phi) is 12.6. The highest BCUT2D eigenvalue weighted by molar-refractivity contribution is 7.80. The second-order valence-corrected chi connectivity index (χ2v) is 17.1. The number of likely N-dealkylation sites (tertiary alicyclic amines) is 1. The Hall–Kier alpha value is -4.55. The Morgan fingerprint density at radius 1 is 0.965 bits per heavy atom. The molecule has 306 valence electrons. The van der Waals surface area contributed by atoms with Gasteiger partial charge in [-0.1, -0.05) is 25.3 Å². The van der Waals surface area contributed by atoms with Crippen molar-refractivity contribution in [2.45, 2.75) is 134 Å². The maximum absolute atomic E-state index is 13.7. The van der Waals surface area contributed by atoms with Crippen LogP contribution in [0.15, 0.2) is 42.5 Å². The number of imide groups is 1. The summed E-state index contributed by atoms with van der Waals surface area (Å²) in [5.74, 6) is 0.0247. The summed E-state index contributed by atoms with van der Waals surface area (Å²) < 4.78 is 41.2. The molecule has 3 saturated heterocycles. The van der Waals surface area contributed by atoms with Crippen LogP contribution in [-0.2, 0) is 25.4 Å². The first-order valence-electron chi connectivity index (χ1n) is 20.0. The lowest BCUT2D eigenvalue weighted by atomic mass is 9.79. The number of alkyl halides is 3. The monoisotopic (exact) mass is 807 g/mol. The summed E-state index contributed by atoms with van der Waals surface area (Å²) in [5, 5.41) is 17.9. The van der Waals surface area contributed by atoms with E-state index in [4.69, 9.17) is 12.2 Å². The van der Waals surface area contributed by atoms with Gasteiger partial charge < -0.3 is 15.5 Å². The Labute approximate surface area is 337 Å². The van der Waals surface area contributed by atoms with Gasteiger partial charge in [0.25, 0.3) is 5.91 Å². The number of hydrogen-bond acceptors (Lipinski definition) is 8. The zero-order valence-corrected chi connectivity index (χ0v) is 33.8. The standard InChI is InChI=1S/C42H52F3N7O4S/c1-25-19-28(20-26(2)50(25)24-37(54)48-31-10-6-9-30(21-31)47-35-17-18-36(53)49-38(35)55)8-5-7-27-11-14-32(15-12-27)52-40(57)51(39(56)41(52,3)4)33-16-13-29(23-46)34(22-33)42(43,44)45/h6,9-10,13,16,21-22,25-28,32,35,47H,5,7-8,11-12,14-15,17-20,24H2,1-4H3,(H,48,54)(H,49,53,55)/t25-,26+,27?,28?,32?,35-/m0/s1. The molecule has 2 aromatic rings. The normalized spacial score (nSPS) is 26.9. The first kappa shape index (κ1) is 42.1. The van der Waals surface area contributed by atoms with E-state index in [0.717, 1.165) is 69.9 Å². The van der Waals surface area contributed by atoms with Crippen molar-refractivity contribution in [3.05, 3.63) is 53.6 Å². The number of anilines is 3. The summed E-state index contributed by atoms with van der Waals surface area (Å²) in [7, 11) is 0. The molecule has 0 bridgehead atoms. The van der Waals surface area contributed by atoms with Gasteiger partial charge in [-0.2, -0.15) is 18.4 Å². The van der Waals surface area contributed by atoms with E-state index >= 15 is 0 Å². The number of rotatable bonds is 11. The summed E-state index contributed by atoms with van der Waals surface area (Å²) in [4.78, 5) is 55.8. The molecule has 4 fully saturated rings. The number of halogens is 3. The molecule has 6 rings (SSSR count). The predicted octanol–water partition coefficient (Wildman–Crippen LogP) is 7.36. The molecule has 1 aliphatic carbocycles. The average molecular weight is 808 g/mol. The van der Waals surface area contributed by atoms with Crippen molar-refractivity contribution in [2.75, 3.05) is 22.1 Å². The molecule has 15 heteroatoms. The van der Waals surface area contributed by atoms with Crippen molar-refractivity contribution in [3.8, 4) is 6.07 Å². The Bertz CT molecular complexity index is 1910. The second kappa shape index (κ2) is 17.1. The summed E-state index contributed by atoms with van der Waals surface area (Å²) in [6, 6.07) is 12.1.